The first-order valence-corrected chi connectivity index (χ1v) is 10.5. The number of aromatic nitrogens is 2. The molecule has 3 rings (SSSR count). The van der Waals surface area contributed by atoms with Gasteiger partial charge >= 0.3 is 0 Å². The minimum Gasteiger partial charge on any atom is -0.490 e. The van der Waals surface area contributed by atoms with E-state index in [-0.39, 0.29) is 18.3 Å². The van der Waals surface area contributed by atoms with Crippen LogP contribution >= 0.6 is 0 Å². The van der Waals surface area contributed by atoms with E-state index in [9.17, 15) is 9.59 Å². The van der Waals surface area contributed by atoms with E-state index >= 15 is 0 Å². The van der Waals surface area contributed by atoms with E-state index in [0.717, 1.165) is 11.3 Å². The summed E-state index contributed by atoms with van der Waals surface area (Å²) in [7, 11) is 0. The third kappa shape index (κ3) is 5.85. The second kappa shape index (κ2) is 10.9. The van der Waals surface area contributed by atoms with Gasteiger partial charge in [0.1, 0.15) is 0 Å². The van der Waals surface area contributed by atoms with Crippen molar-refractivity contribution in [3.05, 3.63) is 77.6 Å². The number of amides is 1. The highest BCUT2D eigenvalue weighted by Crippen LogP contribution is 2.29. The van der Waals surface area contributed by atoms with Gasteiger partial charge in [0, 0.05) is 17.9 Å². The van der Waals surface area contributed by atoms with Crippen LogP contribution in [-0.2, 0) is 11.3 Å². The maximum atomic E-state index is 12.5. The largest absolute Gasteiger partial charge is 0.490 e. The molecule has 1 N–H and O–H groups in total. The average molecular weight is 434 g/mol. The number of carbonyl (C=O) groups is 2. The Morgan fingerprint density at radius 1 is 1.06 bits per heavy atom. The number of nitrogens with zero attached hydrogens (tertiary/aromatic N) is 2. The molecule has 0 saturated heterocycles. The topological polar surface area (TPSA) is 82.4 Å². The van der Waals surface area contributed by atoms with Crippen molar-refractivity contribution in [3.63, 3.8) is 0 Å². The van der Waals surface area contributed by atoms with Crippen molar-refractivity contribution >= 4 is 23.5 Å². The highest BCUT2D eigenvalue weighted by Gasteiger charge is 2.12. The lowest BCUT2D eigenvalue weighted by atomic mass is 10.1. The van der Waals surface area contributed by atoms with E-state index in [2.05, 4.69) is 10.4 Å². The number of allylic oxidation sites excluding steroid dienone is 1. The number of carbonyl (C=O) groups excluding carboxylic acids is 2. The Bertz CT molecular complexity index is 1100. The van der Waals surface area contributed by atoms with Crippen molar-refractivity contribution in [2.24, 2.45) is 0 Å². The molecule has 1 aromatic heterocycles. The van der Waals surface area contributed by atoms with Gasteiger partial charge in [-0.05, 0) is 56.7 Å². The zero-order valence-corrected chi connectivity index (χ0v) is 18.5. The van der Waals surface area contributed by atoms with Gasteiger partial charge in [-0.2, -0.15) is 5.10 Å². The predicted octanol–water partition coefficient (Wildman–Crippen LogP) is 4.52. The van der Waals surface area contributed by atoms with Gasteiger partial charge in [0.25, 0.3) is 5.91 Å². The van der Waals surface area contributed by atoms with Crippen molar-refractivity contribution in [2.75, 3.05) is 18.5 Å². The van der Waals surface area contributed by atoms with Crippen LogP contribution in [0.1, 0.15) is 35.5 Å². The molecule has 0 aliphatic rings. The molecule has 0 atom stereocenters. The first-order valence-electron chi connectivity index (χ1n) is 10.5. The Labute approximate surface area is 187 Å². The van der Waals surface area contributed by atoms with Crippen LogP contribution in [0.2, 0.25) is 0 Å². The molecule has 0 bridgehead atoms. The van der Waals surface area contributed by atoms with Gasteiger partial charge < -0.3 is 14.8 Å². The van der Waals surface area contributed by atoms with Crippen LogP contribution in [-0.4, -0.2) is 34.7 Å². The van der Waals surface area contributed by atoms with Crippen LogP contribution in [0.25, 0.3) is 6.08 Å². The van der Waals surface area contributed by atoms with Crippen LogP contribution in [0.15, 0.2) is 60.8 Å². The summed E-state index contributed by atoms with van der Waals surface area (Å²) in [5.74, 6) is 0.581. The molecule has 3 aromatic rings. The van der Waals surface area contributed by atoms with E-state index in [1.54, 1.807) is 47.3 Å². The van der Waals surface area contributed by atoms with E-state index in [0.29, 0.717) is 35.9 Å². The molecule has 0 spiro atoms. The molecule has 7 heteroatoms. The number of anilines is 1. The molecule has 0 radical (unpaired) electrons. The summed E-state index contributed by atoms with van der Waals surface area (Å²) in [4.78, 5) is 24.7. The van der Waals surface area contributed by atoms with Gasteiger partial charge in [0.15, 0.2) is 23.9 Å². The maximum Gasteiger partial charge on any atom is 0.262 e. The van der Waals surface area contributed by atoms with E-state index in [1.165, 1.54) is 6.08 Å². The molecule has 166 valence electrons. The molecule has 1 amide bonds. The smallest absolute Gasteiger partial charge is 0.262 e. The highest BCUT2D eigenvalue weighted by molar-refractivity contribution is 6.07. The first kappa shape index (κ1) is 22.8. The summed E-state index contributed by atoms with van der Waals surface area (Å²) in [6.45, 7) is 6.73. The minimum atomic E-state index is -0.267. The summed E-state index contributed by atoms with van der Waals surface area (Å²) in [5.41, 5.74) is 2.91. The van der Waals surface area contributed by atoms with Crippen molar-refractivity contribution in [3.8, 4) is 11.5 Å². The number of ether oxygens (including phenoxy) is 2. The van der Waals surface area contributed by atoms with Gasteiger partial charge in [0.2, 0.25) is 0 Å². The quantitative estimate of drug-likeness (QED) is 0.375. The highest BCUT2D eigenvalue weighted by atomic mass is 16.5. The fourth-order valence-corrected chi connectivity index (χ4v) is 3.15. The second-order valence-corrected chi connectivity index (χ2v) is 7.00. The first-order chi connectivity index (χ1) is 15.5. The van der Waals surface area contributed by atoms with E-state index in [4.69, 9.17) is 9.47 Å². The number of para-hydroxylation sites is 1. The summed E-state index contributed by atoms with van der Waals surface area (Å²) in [6, 6.07) is 14.5. The summed E-state index contributed by atoms with van der Waals surface area (Å²) in [6.07, 6.45) is 4.83. The van der Waals surface area contributed by atoms with Crippen LogP contribution in [0, 0.1) is 6.92 Å². The molecule has 7 nitrogen and oxygen atoms in total. The molecule has 32 heavy (non-hydrogen) atoms. The third-order valence-electron chi connectivity index (χ3n) is 4.78. The summed E-state index contributed by atoms with van der Waals surface area (Å²) < 4.78 is 13.1. The van der Waals surface area contributed by atoms with Crippen LogP contribution in [0.4, 0.5) is 5.69 Å². The molecular weight excluding hydrogens is 406 g/mol. The van der Waals surface area contributed by atoms with Gasteiger partial charge in [-0.25, -0.2) is 0 Å². The number of aryl methyl sites for hydroxylation is 1. The Morgan fingerprint density at radius 2 is 1.84 bits per heavy atom. The van der Waals surface area contributed by atoms with Crippen LogP contribution < -0.4 is 14.8 Å². The van der Waals surface area contributed by atoms with Crippen molar-refractivity contribution in [1.29, 1.82) is 0 Å². The fraction of sp³-hybridized carbons (Fsp3) is 0.240. The molecule has 0 saturated carbocycles. The van der Waals surface area contributed by atoms with Gasteiger partial charge in [-0.3, -0.25) is 14.3 Å². The van der Waals surface area contributed by atoms with Crippen molar-refractivity contribution < 1.29 is 19.1 Å². The lowest BCUT2D eigenvalue weighted by Crippen LogP contribution is -2.20. The second-order valence-electron chi connectivity index (χ2n) is 7.00. The minimum absolute atomic E-state index is 0.113. The van der Waals surface area contributed by atoms with Crippen molar-refractivity contribution in [2.45, 2.75) is 27.3 Å². The van der Waals surface area contributed by atoms with E-state index < -0.39 is 0 Å². The third-order valence-corrected chi connectivity index (χ3v) is 4.78. The number of hydrogen-bond acceptors (Lipinski definition) is 5. The lowest BCUT2D eigenvalue weighted by molar-refractivity contribution is -0.118. The Kier molecular flexibility index (Phi) is 7.80. The van der Waals surface area contributed by atoms with Gasteiger partial charge in [-0.1, -0.05) is 30.3 Å². The van der Waals surface area contributed by atoms with E-state index in [1.807, 2.05) is 39.0 Å². The van der Waals surface area contributed by atoms with Gasteiger partial charge in [-0.15, -0.1) is 0 Å². The molecular formula is C25H27N3O4. The number of hydrogen-bond donors (Lipinski definition) is 1. The zero-order valence-electron chi connectivity index (χ0n) is 18.5. The maximum absolute atomic E-state index is 12.5. The molecule has 0 aliphatic carbocycles. The molecule has 0 fully saturated rings. The average Bonchev–Trinajstić information content (AvgIpc) is 3.18. The number of benzene rings is 2. The Morgan fingerprint density at radius 3 is 2.53 bits per heavy atom. The fourth-order valence-electron chi connectivity index (χ4n) is 3.15. The van der Waals surface area contributed by atoms with Crippen molar-refractivity contribution in [1.82, 2.24) is 9.78 Å². The normalized spacial score (nSPS) is 10.8. The monoisotopic (exact) mass is 433 g/mol. The SMILES string of the molecule is CCOc1cc(/C=C/C(=O)c2cnn(CC)c2C)ccc1OCC(=O)Nc1ccccc1. The predicted molar refractivity (Wildman–Crippen MR) is 124 cm³/mol. The van der Waals surface area contributed by atoms with Crippen LogP contribution in [0.5, 0.6) is 11.5 Å². The number of nitrogens with one attached hydrogen (secondary N) is 1. The van der Waals surface area contributed by atoms with Gasteiger partial charge in [0.05, 0.1) is 18.4 Å². The lowest BCUT2D eigenvalue weighted by Gasteiger charge is -2.12. The molecule has 0 aliphatic heterocycles. The summed E-state index contributed by atoms with van der Waals surface area (Å²) >= 11 is 0. The summed E-state index contributed by atoms with van der Waals surface area (Å²) in [5, 5.41) is 6.99. The number of rotatable bonds is 10. The van der Waals surface area contributed by atoms with Crippen LogP contribution in [0.3, 0.4) is 0 Å². The zero-order chi connectivity index (χ0) is 22.9. The Balaban J connectivity index is 1.67. The number of ketones is 1. The molecule has 0 unspecified atom stereocenters. The molecule has 1 heterocycles. The Hall–Kier alpha value is -3.87. The standard InChI is InChI=1S/C25H27N3O4/c1-4-28-18(3)21(16-26-28)22(29)13-11-19-12-14-23(24(15-19)31-5-2)32-17-25(30)27-20-9-7-6-8-10-20/h6-16H,4-5,17H2,1-3H3,(H,27,30)/b13-11+. The molecule has 2 aromatic carbocycles.